The highest BCUT2D eigenvalue weighted by Gasteiger charge is 2.25. The molecule has 3 heterocycles. The lowest BCUT2D eigenvalue weighted by Crippen LogP contribution is -2.42. The zero-order valence-electron chi connectivity index (χ0n) is 13.3. The third-order valence-electron chi connectivity index (χ3n) is 4.64. The smallest absolute Gasteiger partial charge is 0.223 e. The molecule has 0 unspecified atom stereocenters. The van der Waals surface area contributed by atoms with Crippen molar-refractivity contribution in [2.75, 3.05) is 44.3 Å². The minimum absolute atomic E-state index is 0.267. The molecule has 0 aliphatic carbocycles. The van der Waals surface area contributed by atoms with E-state index in [1.54, 1.807) is 12.3 Å². The van der Waals surface area contributed by atoms with Gasteiger partial charge >= 0.3 is 0 Å². The fraction of sp³-hybridized carbons (Fsp3) is 0.588. The molecule has 3 rings (SSSR count). The van der Waals surface area contributed by atoms with Crippen molar-refractivity contribution in [1.82, 2.24) is 9.88 Å². The Balaban J connectivity index is 1.48. The molecule has 0 saturated carbocycles. The Kier molecular flexibility index (Phi) is 5.09. The Morgan fingerprint density at radius 3 is 2.61 bits per heavy atom. The average molecular weight is 314 g/mol. The molecule has 122 valence electrons. The number of morpholine rings is 1. The molecule has 1 aromatic rings. The Hall–Kier alpha value is -2.13. The number of amides is 1. The highest BCUT2D eigenvalue weighted by Crippen LogP contribution is 2.24. The Labute approximate surface area is 136 Å². The Morgan fingerprint density at radius 1 is 1.26 bits per heavy atom. The van der Waals surface area contributed by atoms with E-state index < -0.39 is 0 Å². The lowest BCUT2D eigenvalue weighted by atomic mass is 9.93. The second-order valence-corrected chi connectivity index (χ2v) is 6.14. The summed E-state index contributed by atoms with van der Waals surface area (Å²) in [5.41, 5.74) is 0.583. The zero-order valence-corrected chi connectivity index (χ0v) is 13.3. The first-order chi connectivity index (χ1) is 11.3. The van der Waals surface area contributed by atoms with Crippen LogP contribution < -0.4 is 4.90 Å². The molecule has 2 saturated heterocycles. The summed E-state index contributed by atoms with van der Waals surface area (Å²) in [5, 5.41) is 8.82. The normalized spacial score (nSPS) is 19.4. The average Bonchev–Trinajstić information content (AvgIpc) is 2.63. The van der Waals surface area contributed by atoms with Crippen molar-refractivity contribution in [3.05, 3.63) is 23.9 Å². The van der Waals surface area contributed by atoms with Crippen molar-refractivity contribution in [2.45, 2.75) is 19.3 Å². The van der Waals surface area contributed by atoms with Gasteiger partial charge in [0, 0.05) is 38.8 Å². The van der Waals surface area contributed by atoms with Crippen LogP contribution in [0.15, 0.2) is 18.3 Å². The standard InChI is InChI=1S/C17H22N4O2/c18-12-15-1-2-16(19-13-15)20-5-3-14(4-6-20)11-17(22)21-7-9-23-10-8-21/h1-2,13-14H,3-11H2. The number of anilines is 1. The number of hydrogen-bond donors (Lipinski definition) is 0. The van der Waals surface area contributed by atoms with Gasteiger partial charge in [0.05, 0.1) is 18.8 Å². The minimum Gasteiger partial charge on any atom is -0.378 e. The van der Waals surface area contributed by atoms with Gasteiger partial charge in [0.2, 0.25) is 5.91 Å². The molecule has 6 heteroatoms. The van der Waals surface area contributed by atoms with Crippen molar-refractivity contribution in [3.63, 3.8) is 0 Å². The number of nitrogens with zero attached hydrogens (tertiary/aromatic N) is 4. The summed E-state index contributed by atoms with van der Waals surface area (Å²) >= 11 is 0. The number of rotatable bonds is 3. The highest BCUT2D eigenvalue weighted by atomic mass is 16.5. The molecule has 2 aliphatic rings. The summed E-state index contributed by atoms with van der Waals surface area (Å²) in [5.74, 6) is 1.64. The van der Waals surface area contributed by atoms with E-state index >= 15 is 0 Å². The van der Waals surface area contributed by atoms with Crippen LogP contribution in [-0.4, -0.2) is 55.2 Å². The van der Waals surface area contributed by atoms with Crippen molar-refractivity contribution in [1.29, 1.82) is 5.26 Å². The van der Waals surface area contributed by atoms with Gasteiger partial charge in [-0.2, -0.15) is 5.26 Å². The maximum atomic E-state index is 12.3. The van der Waals surface area contributed by atoms with E-state index in [1.807, 2.05) is 11.0 Å². The first-order valence-corrected chi connectivity index (χ1v) is 8.23. The van der Waals surface area contributed by atoms with E-state index in [9.17, 15) is 4.79 Å². The van der Waals surface area contributed by atoms with E-state index in [1.165, 1.54) is 0 Å². The van der Waals surface area contributed by atoms with Gasteiger partial charge in [-0.25, -0.2) is 4.98 Å². The zero-order chi connectivity index (χ0) is 16.1. The lowest BCUT2D eigenvalue weighted by molar-refractivity contribution is -0.136. The molecule has 1 amide bonds. The van der Waals surface area contributed by atoms with Gasteiger partial charge in [-0.05, 0) is 30.9 Å². The molecule has 0 bridgehead atoms. The highest BCUT2D eigenvalue weighted by molar-refractivity contribution is 5.76. The molecule has 23 heavy (non-hydrogen) atoms. The van der Waals surface area contributed by atoms with Gasteiger partial charge in [-0.3, -0.25) is 4.79 Å². The maximum Gasteiger partial charge on any atom is 0.223 e. The number of carbonyl (C=O) groups is 1. The molecule has 6 nitrogen and oxygen atoms in total. The molecular formula is C17H22N4O2. The maximum absolute atomic E-state index is 12.3. The SMILES string of the molecule is N#Cc1ccc(N2CCC(CC(=O)N3CCOCC3)CC2)nc1. The van der Waals surface area contributed by atoms with Gasteiger partial charge in [0.1, 0.15) is 11.9 Å². The number of carbonyl (C=O) groups excluding carboxylic acids is 1. The molecule has 0 N–H and O–H groups in total. The molecule has 0 atom stereocenters. The largest absolute Gasteiger partial charge is 0.378 e. The van der Waals surface area contributed by atoms with Crippen LogP contribution in [0.1, 0.15) is 24.8 Å². The molecule has 0 aromatic carbocycles. The number of aromatic nitrogens is 1. The van der Waals surface area contributed by atoms with Crippen LogP contribution in [0.3, 0.4) is 0 Å². The van der Waals surface area contributed by atoms with Crippen LogP contribution in [0.25, 0.3) is 0 Å². The molecule has 1 aromatic heterocycles. The predicted molar refractivity (Wildman–Crippen MR) is 85.9 cm³/mol. The van der Waals surface area contributed by atoms with Gasteiger partial charge < -0.3 is 14.5 Å². The van der Waals surface area contributed by atoms with E-state index in [-0.39, 0.29) is 5.91 Å². The second-order valence-electron chi connectivity index (χ2n) is 6.14. The van der Waals surface area contributed by atoms with Crippen molar-refractivity contribution in [2.24, 2.45) is 5.92 Å². The van der Waals surface area contributed by atoms with E-state index in [0.29, 0.717) is 31.1 Å². The summed E-state index contributed by atoms with van der Waals surface area (Å²) < 4.78 is 5.29. The number of nitriles is 1. The number of pyridine rings is 1. The summed E-state index contributed by atoms with van der Waals surface area (Å²) in [7, 11) is 0. The Morgan fingerprint density at radius 2 is 2.00 bits per heavy atom. The van der Waals surface area contributed by atoms with E-state index in [0.717, 1.165) is 44.8 Å². The number of piperidine rings is 1. The summed E-state index contributed by atoms with van der Waals surface area (Å²) in [6, 6.07) is 5.79. The van der Waals surface area contributed by atoms with Gasteiger partial charge in [-0.1, -0.05) is 0 Å². The van der Waals surface area contributed by atoms with Crippen LogP contribution in [0, 0.1) is 17.2 Å². The topological polar surface area (TPSA) is 69.5 Å². The van der Waals surface area contributed by atoms with Crippen LogP contribution in [0.5, 0.6) is 0 Å². The van der Waals surface area contributed by atoms with Crippen LogP contribution >= 0.6 is 0 Å². The first-order valence-electron chi connectivity index (χ1n) is 8.23. The summed E-state index contributed by atoms with van der Waals surface area (Å²) in [4.78, 5) is 20.8. The molecule has 2 aliphatic heterocycles. The quantitative estimate of drug-likeness (QED) is 0.844. The molecule has 0 radical (unpaired) electrons. The lowest BCUT2D eigenvalue weighted by Gasteiger charge is -2.34. The number of ether oxygens (including phenoxy) is 1. The van der Waals surface area contributed by atoms with Crippen molar-refractivity contribution < 1.29 is 9.53 Å². The molecule has 0 spiro atoms. The fourth-order valence-corrected chi connectivity index (χ4v) is 3.19. The van der Waals surface area contributed by atoms with E-state index in [4.69, 9.17) is 10.00 Å². The third-order valence-corrected chi connectivity index (χ3v) is 4.64. The Bertz CT molecular complexity index is 567. The van der Waals surface area contributed by atoms with Crippen LogP contribution in [-0.2, 0) is 9.53 Å². The minimum atomic E-state index is 0.267. The van der Waals surface area contributed by atoms with Crippen molar-refractivity contribution in [3.8, 4) is 6.07 Å². The second kappa shape index (κ2) is 7.42. The summed E-state index contributed by atoms with van der Waals surface area (Å²) in [6.45, 7) is 4.61. The third kappa shape index (κ3) is 3.99. The first kappa shape index (κ1) is 15.8. The van der Waals surface area contributed by atoms with Crippen molar-refractivity contribution >= 4 is 11.7 Å². The van der Waals surface area contributed by atoms with Gasteiger partial charge in [-0.15, -0.1) is 0 Å². The summed E-state index contributed by atoms with van der Waals surface area (Å²) in [6.07, 6.45) is 4.29. The van der Waals surface area contributed by atoms with Gasteiger partial charge in [0.25, 0.3) is 0 Å². The predicted octanol–water partition coefficient (Wildman–Crippen LogP) is 1.42. The van der Waals surface area contributed by atoms with Crippen LogP contribution in [0.2, 0.25) is 0 Å². The van der Waals surface area contributed by atoms with Gasteiger partial charge in [0.15, 0.2) is 0 Å². The molecular weight excluding hydrogens is 292 g/mol. The van der Waals surface area contributed by atoms with Crippen LogP contribution in [0.4, 0.5) is 5.82 Å². The monoisotopic (exact) mass is 314 g/mol. The van der Waals surface area contributed by atoms with E-state index in [2.05, 4.69) is 16.0 Å². The fourth-order valence-electron chi connectivity index (χ4n) is 3.19. The molecule has 2 fully saturated rings. The number of hydrogen-bond acceptors (Lipinski definition) is 5.